The Morgan fingerprint density at radius 1 is 1.38 bits per heavy atom. The van der Waals surface area contributed by atoms with Crippen molar-refractivity contribution in [1.82, 2.24) is 0 Å². The van der Waals surface area contributed by atoms with E-state index in [1.807, 2.05) is 0 Å². The lowest BCUT2D eigenvalue weighted by Crippen LogP contribution is -2.37. The highest BCUT2D eigenvalue weighted by molar-refractivity contribution is 4.68. The molecule has 1 rings (SSSR count). The molecule has 0 aliphatic carbocycles. The minimum Gasteiger partial charge on any atom is -0.379 e. The highest BCUT2D eigenvalue weighted by Gasteiger charge is 2.25. The highest BCUT2D eigenvalue weighted by atomic mass is 16.7. The lowest BCUT2D eigenvalue weighted by atomic mass is 9.93. The van der Waals surface area contributed by atoms with Gasteiger partial charge in [-0.05, 0) is 5.92 Å². The molecule has 1 unspecified atom stereocenters. The fourth-order valence-corrected chi connectivity index (χ4v) is 1.45. The first-order valence-corrected chi connectivity index (χ1v) is 5.00. The highest BCUT2D eigenvalue weighted by Crippen LogP contribution is 2.21. The lowest BCUT2D eigenvalue weighted by molar-refractivity contribution is -0.224. The van der Waals surface area contributed by atoms with E-state index in [4.69, 9.17) is 14.2 Å². The molecule has 13 heavy (non-hydrogen) atoms. The summed E-state index contributed by atoms with van der Waals surface area (Å²) in [5.41, 5.74) is 0. The van der Waals surface area contributed by atoms with Crippen LogP contribution in [0.2, 0.25) is 0 Å². The maximum Gasteiger partial charge on any atom is 0.180 e. The fraction of sp³-hybridized carbons (Fsp3) is 1.00. The maximum atomic E-state index is 5.51. The first-order chi connectivity index (χ1) is 6.27. The van der Waals surface area contributed by atoms with Gasteiger partial charge in [0.25, 0.3) is 0 Å². The third-order valence-electron chi connectivity index (χ3n) is 2.74. The SMILES string of the molecule is CCC(C)C1COC(COC)OC1. The van der Waals surface area contributed by atoms with Crippen LogP contribution in [0.25, 0.3) is 0 Å². The molecule has 0 saturated carbocycles. The van der Waals surface area contributed by atoms with Gasteiger partial charge in [0.05, 0.1) is 19.8 Å². The molecule has 78 valence electrons. The van der Waals surface area contributed by atoms with Gasteiger partial charge in [-0.2, -0.15) is 0 Å². The topological polar surface area (TPSA) is 27.7 Å². The van der Waals surface area contributed by atoms with Gasteiger partial charge in [-0.3, -0.25) is 0 Å². The van der Waals surface area contributed by atoms with Gasteiger partial charge in [0.1, 0.15) is 0 Å². The number of hydrogen-bond acceptors (Lipinski definition) is 3. The second kappa shape index (κ2) is 5.58. The molecule has 0 aromatic heterocycles. The molecular weight excluding hydrogens is 168 g/mol. The van der Waals surface area contributed by atoms with Crippen LogP contribution in [0.15, 0.2) is 0 Å². The van der Waals surface area contributed by atoms with Crippen molar-refractivity contribution in [2.75, 3.05) is 26.9 Å². The third-order valence-corrected chi connectivity index (χ3v) is 2.74. The number of ether oxygens (including phenoxy) is 3. The van der Waals surface area contributed by atoms with E-state index < -0.39 is 0 Å². The average Bonchev–Trinajstić information content (AvgIpc) is 2.18. The Morgan fingerprint density at radius 2 is 2.00 bits per heavy atom. The van der Waals surface area contributed by atoms with Crippen molar-refractivity contribution >= 4 is 0 Å². The minimum absolute atomic E-state index is 0.148. The van der Waals surface area contributed by atoms with Crippen LogP contribution in [-0.2, 0) is 14.2 Å². The molecule has 1 saturated heterocycles. The molecule has 0 spiro atoms. The van der Waals surface area contributed by atoms with Gasteiger partial charge in [-0.25, -0.2) is 0 Å². The van der Waals surface area contributed by atoms with Crippen LogP contribution in [0.3, 0.4) is 0 Å². The molecule has 0 aromatic rings. The summed E-state index contributed by atoms with van der Waals surface area (Å²) in [7, 11) is 1.66. The van der Waals surface area contributed by atoms with Crippen LogP contribution >= 0.6 is 0 Å². The average molecular weight is 188 g/mol. The maximum absolute atomic E-state index is 5.51. The van der Waals surface area contributed by atoms with Gasteiger partial charge in [-0.15, -0.1) is 0 Å². The van der Waals surface area contributed by atoms with Crippen molar-refractivity contribution in [3.05, 3.63) is 0 Å². The van der Waals surface area contributed by atoms with E-state index in [0.29, 0.717) is 18.4 Å². The molecule has 1 atom stereocenters. The molecule has 0 bridgehead atoms. The van der Waals surface area contributed by atoms with Crippen LogP contribution in [-0.4, -0.2) is 33.2 Å². The van der Waals surface area contributed by atoms with E-state index >= 15 is 0 Å². The first kappa shape index (κ1) is 11.0. The van der Waals surface area contributed by atoms with Crippen LogP contribution < -0.4 is 0 Å². The van der Waals surface area contributed by atoms with Gasteiger partial charge in [0.2, 0.25) is 0 Å². The Balaban J connectivity index is 2.22. The summed E-state index contributed by atoms with van der Waals surface area (Å²) in [6.07, 6.45) is 1.04. The van der Waals surface area contributed by atoms with E-state index in [2.05, 4.69) is 13.8 Å². The molecule has 0 amide bonds. The summed E-state index contributed by atoms with van der Waals surface area (Å²) in [5.74, 6) is 1.24. The van der Waals surface area contributed by atoms with Gasteiger partial charge >= 0.3 is 0 Å². The van der Waals surface area contributed by atoms with Crippen LogP contribution in [0.1, 0.15) is 20.3 Å². The standard InChI is InChI=1S/C10H20O3/c1-4-8(2)9-5-12-10(7-11-3)13-6-9/h8-10H,4-7H2,1-3H3. The van der Waals surface area contributed by atoms with E-state index in [1.165, 1.54) is 6.42 Å². The number of hydrogen-bond donors (Lipinski definition) is 0. The molecular formula is C10H20O3. The van der Waals surface area contributed by atoms with Gasteiger partial charge in [0, 0.05) is 13.0 Å². The summed E-state index contributed by atoms with van der Waals surface area (Å²) >= 11 is 0. The Hall–Kier alpha value is -0.120. The monoisotopic (exact) mass is 188 g/mol. The Bertz CT molecular complexity index is 130. The zero-order valence-corrected chi connectivity index (χ0v) is 8.79. The molecule has 1 aliphatic rings. The van der Waals surface area contributed by atoms with E-state index in [-0.39, 0.29) is 6.29 Å². The van der Waals surface area contributed by atoms with Crippen LogP contribution in [0.5, 0.6) is 0 Å². The largest absolute Gasteiger partial charge is 0.379 e. The molecule has 0 aromatic carbocycles. The summed E-state index contributed by atoms with van der Waals surface area (Å²) in [6, 6.07) is 0. The summed E-state index contributed by atoms with van der Waals surface area (Å²) in [4.78, 5) is 0. The molecule has 3 nitrogen and oxygen atoms in total. The number of methoxy groups -OCH3 is 1. The van der Waals surface area contributed by atoms with E-state index in [9.17, 15) is 0 Å². The predicted molar refractivity (Wildman–Crippen MR) is 50.5 cm³/mol. The van der Waals surface area contributed by atoms with Crippen molar-refractivity contribution in [3.63, 3.8) is 0 Å². The molecule has 1 aliphatic heterocycles. The molecule has 1 heterocycles. The lowest BCUT2D eigenvalue weighted by Gasteiger charge is -2.31. The fourth-order valence-electron chi connectivity index (χ4n) is 1.45. The summed E-state index contributed by atoms with van der Waals surface area (Å²) < 4.78 is 16.0. The minimum atomic E-state index is -0.148. The summed E-state index contributed by atoms with van der Waals surface area (Å²) in [6.45, 7) is 6.60. The van der Waals surface area contributed by atoms with E-state index in [1.54, 1.807) is 7.11 Å². The van der Waals surface area contributed by atoms with Crippen molar-refractivity contribution in [2.24, 2.45) is 11.8 Å². The molecule has 0 N–H and O–H groups in total. The second-order valence-electron chi connectivity index (χ2n) is 3.70. The van der Waals surface area contributed by atoms with Crippen molar-refractivity contribution in [3.8, 4) is 0 Å². The molecule has 0 radical (unpaired) electrons. The van der Waals surface area contributed by atoms with Crippen molar-refractivity contribution in [1.29, 1.82) is 0 Å². The van der Waals surface area contributed by atoms with Crippen LogP contribution in [0.4, 0.5) is 0 Å². The van der Waals surface area contributed by atoms with Gasteiger partial charge < -0.3 is 14.2 Å². The van der Waals surface area contributed by atoms with Gasteiger partial charge in [0.15, 0.2) is 6.29 Å². The zero-order valence-electron chi connectivity index (χ0n) is 8.79. The van der Waals surface area contributed by atoms with E-state index in [0.717, 1.165) is 13.2 Å². The normalized spacial score (nSPS) is 31.6. The predicted octanol–water partition coefficient (Wildman–Crippen LogP) is 1.67. The molecule has 3 heteroatoms. The summed E-state index contributed by atoms with van der Waals surface area (Å²) in [5, 5.41) is 0. The smallest absolute Gasteiger partial charge is 0.180 e. The van der Waals surface area contributed by atoms with Crippen molar-refractivity contribution in [2.45, 2.75) is 26.6 Å². The van der Waals surface area contributed by atoms with Gasteiger partial charge in [-0.1, -0.05) is 20.3 Å². The Labute approximate surface area is 80.4 Å². The van der Waals surface area contributed by atoms with Crippen LogP contribution in [0, 0.1) is 11.8 Å². The Morgan fingerprint density at radius 3 is 2.46 bits per heavy atom. The molecule has 1 fully saturated rings. The van der Waals surface area contributed by atoms with Crippen molar-refractivity contribution < 1.29 is 14.2 Å². The third kappa shape index (κ3) is 3.25. The zero-order chi connectivity index (χ0) is 9.68. The quantitative estimate of drug-likeness (QED) is 0.671. The second-order valence-corrected chi connectivity index (χ2v) is 3.70. The number of rotatable bonds is 4. The first-order valence-electron chi connectivity index (χ1n) is 5.00. The Kier molecular flexibility index (Phi) is 4.70.